The number of aromatic nitrogens is 2. The fourth-order valence-corrected chi connectivity index (χ4v) is 7.62. The summed E-state index contributed by atoms with van der Waals surface area (Å²) in [6, 6.07) is 1.04. The highest BCUT2D eigenvalue weighted by molar-refractivity contribution is 7.53. The van der Waals surface area contributed by atoms with Crippen molar-refractivity contribution >= 4 is 7.60 Å². The molecule has 46 heavy (non-hydrogen) atoms. The van der Waals surface area contributed by atoms with E-state index in [1.54, 1.807) is 4.90 Å². The number of hydrogen-bond acceptors (Lipinski definition) is 12. The zero-order valence-electron chi connectivity index (χ0n) is 27.2. The molecule has 6 N–H and O–H groups in total. The minimum Gasteiger partial charge on any atom is -0.389 e. The number of unbranched alkanes of at least 4 members (excludes halogenated alkanes) is 13. The number of nitrogens with one attached hydrogen (secondary N) is 1. The molecule has 3 rings (SSSR count). The molecular weight excluding hydrogens is 621 g/mol. The number of hydrogen-bond donors (Lipinski definition) is 6. The second-order valence-corrected chi connectivity index (χ2v) is 14.8. The molecule has 2 unspecified atom stereocenters. The molecule has 2 aliphatic heterocycles. The minimum absolute atomic E-state index is 0.110. The first-order valence-electron chi connectivity index (χ1n) is 17.1. The molecule has 2 fully saturated rings. The number of ether oxygens (including phenoxy) is 1. The number of β-amino-alcohol motifs (C(OH)–C–C–N with tert-alkyl or cyclic N) is 2. The fourth-order valence-electron chi connectivity index (χ4n) is 5.94. The van der Waals surface area contributed by atoms with Crippen molar-refractivity contribution < 1.29 is 43.9 Å². The van der Waals surface area contributed by atoms with E-state index in [0.717, 1.165) is 36.1 Å². The molecule has 266 valence electrons. The molecule has 0 spiro atoms. The number of nitrogens with zero attached hydrogens (tertiary/aromatic N) is 2. The number of rotatable bonds is 23. The Bertz CT molecular complexity index is 1160. The zero-order chi connectivity index (χ0) is 33.5. The van der Waals surface area contributed by atoms with Crippen molar-refractivity contribution in [2.75, 3.05) is 32.4 Å². The third kappa shape index (κ3) is 12.5. The van der Waals surface area contributed by atoms with Gasteiger partial charge in [0.2, 0.25) is 0 Å². The SMILES string of the molecule is CCCCCCCCCCCCCCCCOP(=O)(CCN1C[C@@H](O)[C@H](O)C1)OC(O)[C@H]1O[C@@H](n2ccc(=O)[nH]c2=O)[C@H](O)[C@@H]1O. The average Bonchev–Trinajstić information content (AvgIpc) is 3.50. The predicted octanol–water partition coefficient (Wildman–Crippen LogP) is 2.22. The summed E-state index contributed by atoms with van der Waals surface area (Å²) >= 11 is 0. The monoisotopic (exact) mass is 677 g/mol. The predicted molar refractivity (Wildman–Crippen MR) is 172 cm³/mol. The van der Waals surface area contributed by atoms with Gasteiger partial charge in [-0.05, 0) is 6.42 Å². The summed E-state index contributed by atoms with van der Waals surface area (Å²) in [4.78, 5) is 27.3. The first-order valence-corrected chi connectivity index (χ1v) is 18.8. The topological polar surface area (TPSA) is 204 Å². The number of likely N-dealkylation sites (tertiary alicyclic amines) is 1. The van der Waals surface area contributed by atoms with E-state index >= 15 is 0 Å². The Labute approximate surface area is 271 Å². The van der Waals surface area contributed by atoms with E-state index in [1.807, 2.05) is 4.98 Å². The van der Waals surface area contributed by atoms with Gasteiger partial charge in [-0.15, -0.1) is 0 Å². The van der Waals surface area contributed by atoms with Crippen LogP contribution < -0.4 is 11.2 Å². The van der Waals surface area contributed by atoms with Gasteiger partial charge in [0.1, 0.15) is 18.3 Å². The number of H-pyrrole nitrogens is 1. The molecule has 1 aromatic rings. The summed E-state index contributed by atoms with van der Waals surface area (Å²) in [6.07, 6.45) is 7.18. The Morgan fingerprint density at radius 1 is 0.891 bits per heavy atom. The van der Waals surface area contributed by atoms with Gasteiger partial charge in [0.25, 0.3) is 5.56 Å². The fraction of sp³-hybridized carbons (Fsp3) is 0.871. The first-order chi connectivity index (χ1) is 22.0. The van der Waals surface area contributed by atoms with Gasteiger partial charge in [0.15, 0.2) is 12.5 Å². The molecule has 2 aliphatic rings. The Balaban J connectivity index is 1.45. The van der Waals surface area contributed by atoms with Gasteiger partial charge in [-0.2, -0.15) is 0 Å². The van der Waals surface area contributed by atoms with Crippen molar-refractivity contribution in [2.24, 2.45) is 0 Å². The van der Waals surface area contributed by atoms with Gasteiger partial charge in [-0.25, -0.2) is 4.79 Å². The maximum absolute atomic E-state index is 13.8. The second kappa shape index (κ2) is 20.2. The highest BCUT2D eigenvalue weighted by atomic mass is 31.2. The number of aliphatic hydroxyl groups excluding tert-OH is 5. The van der Waals surface area contributed by atoms with Gasteiger partial charge in [-0.3, -0.25) is 28.3 Å². The summed E-state index contributed by atoms with van der Waals surface area (Å²) in [7, 11) is -4.00. The molecule has 1 aromatic heterocycles. The standard InChI is InChI=1S/C31H56N3O11P/c1-2-3-4-5-6-7-8-9-10-11-12-13-14-15-19-43-46(42,20-18-33-21-23(35)24(36)22-33)45-30(40)28-26(38)27(39)29(44-28)34-17-16-25(37)32-31(34)41/h16-17,23-24,26-30,35-36,38-40H,2-15,18-22H2,1H3,(H,32,37,41)/t23-,24-,26+,27-,28+,29-,30?,46?/m1/s1. The average molecular weight is 678 g/mol. The number of aliphatic hydroxyl groups is 5. The lowest BCUT2D eigenvalue weighted by atomic mass is 10.0. The molecule has 0 bridgehead atoms. The van der Waals surface area contributed by atoms with Crippen molar-refractivity contribution in [1.82, 2.24) is 14.5 Å². The molecule has 8 atom stereocenters. The molecule has 0 amide bonds. The van der Waals surface area contributed by atoms with Crippen molar-refractivity contribution in [3.63, 3.8) is 0 Å². The third-order valence-electron chi connectivity index (χ3n) is 8.76. The van der Waals surface area contributed by atoms with Crippen LogP contribution in [0.25, 0.3) is 0 Å². The highest BCUT2D eigenvalue weighted by Crippen LogP contribution is 2.50. The largest absolute Gasteiger partial charge is 0.389 e. The Morgan fingerprint density at radius 3 is 1.98 bits per heavy atom. The van der Waals surface area contributed by atoms with E-state index in [9.17, 15) is 39.7 Å². The van der Waals surface area contributed by atoms with E-state index in [0.29, 0.717) is 6.42 Å². The van der Waals surface area contributed by atoms with Crippen LogP contribution in [0, 0.1) is 0 Å². The summed E-state index contributed by atoms with van der Waals surface area (Å²) < 4.78 is 31.4. The quantitative estimate of drug-likeness (QED) is 0.0561. The maximum atomic E-state index is 13.8. The van der Waals surface area contributed by atoms with Crippen LogP contribution in [-0.4, -0.2) is 109 Å². The molecule has 0 radical (unpaired) electrons. The molecular formula is C31H56N3O11P. The van der Waals surface area contributed by atoms with Crippen LogP contribution in [0.4, 0.5) is 0 Å². The van der Waals surface area contributed by atoms with Crippen molar-refractivity contribution in [2.45, 2.75) is 140 Å². The van der Waals surface area contributed by atoms with Gasteiger partial charge in [-0.1, -0.05) is 90.4 Å². The zero-order valence-corrected chi connectivity index (χ0v) is 28.1. The van der Waals surface area contributed by atoms with Gasteiger partial charge >= 0.3 is 13.3 Å². The third-order valence-corrected chi connectivity index (χ3v) is 10.6. The molecule has 15 heteroatoms. The van der Waals surface area contributed by atoms with Crippen molar-refractivity contribution in [1.29, 1.82) is 0 Å². The number of aromatic amines is 1. The Morgan fingerprint density at radius 2 is 1.43 bits per heavy atom. The van der Waals surface area contributed by atoms with Gasteiger partial charge in [0.05, 0.1) is 25.0 Å². The van der Waals surface area contributed by atoms with E-state index in [-0.39, 0.29) is 32.4 Å². The van der Waals surface area contributed by atoms with Crippen LogP contribution in [0.15, 0.2) is 21.9 Å². The normalized spacial score (nSPS) is 27.3. The van der Waals surface area contributed by atoms with Crippen LogP contribution >= 0.6 is 7.60 Å². The highest BCUT2D eigenvalue weighted by Gasteiger charge is 2.49. The smallest absolute Gasteiger partial charge is 0.334 e. The van der Waals surface area contributed by atoms with Crippen LogP contribution in [0.5, 0.6) is 0 Å². The lowest BCUT2D eigenvalue weighted by Crippen LogP contribution is -2.40. The van der Waals surface area contributed by atoms with Gasteiger partial charge < -0.3 is 34.8 Å². The summed E-state index contributed by atoms with van der Waals surface area (Å²) in [5, 5.41) is 51.7. The maximum Gasteiger partial charge on any atom is 0.334 e. The summed E-state index contributed by atoms with van der Waals surface area (Å²) in [6.45, 7) is 2.84. The lowest BCUT2D eigenvalue weighted by Gasteiger charge is -2.27. The van der Waals surface area contributed by atoms with E-state index in [1.165, 1.54) is 64.2 Å². The molecule has 0 aromatic carbocycles. The molecule has 2 saturated heterocycles. The summed E-state index contributed by atoms with van der Waals surface area (Å²) in [5.41, 5.74) is -1.55. The van der Waals surface area contributed by atoms with Crippen LogP contribution in [0.3, 0.4) is 0 Å². The van der Waals surface area contributed by atoms with Crippen molar-refractivity contribution in [3.8, 4) is 0 Å². The van der Waals surface area contributed by atoms with Gasteiger partial charge in [0, 0.05) is 31.9 Å². The Hall–Kier alpha value is -1.45. The van der Waals surface area contributed by atoms with Crippen LogP contribution in [0.1, 0.15) is 103 Å². The summed E-state index contributed by atoms with van der Waals surface area (Å²) in [5.74, 6) is 0. The molecule has 14 nitrogen and oxygen atoms in total. The van der Waals surface area contributed by atoms with Crippen LogP contribution in [0.2, 0.25) is 0 Å². The van der Waals surface area contributed by atoms with E-state index < -0.39 is 61.9 Å². The molecule has 3 heterocycles. The van der Waals surface area contributed by atoms with E-state index in [4.69, 9.17) is 13.8 Å². The van der Waals surface area contributed by atoms with Crippen LogP contribution in [-0.2, 0) is 18.3 Å². The first kappa shape index (κ1) is 39.0. The van der Waals surface area contributed by atoms with Crippen molar-refractivity contribution in [3.05, 3.63) is 33.1 Å². The van der Waals surface area contributed by atoms with E-state index in [2.05, 4.69) is 6.92 Å². The minimum atomic E-state index is -4.00. The Kier molecular flexibility index (Phi) is 17.1. The lowest BCUT2D eigenvalue weighted by molar-refractivity contribution is -0.158. The second-order valence-electron chi connectivity index (χ2n) is 12.6. The molecule has 0 saturated carbocycles. The molecule has 0 aliphatic carbocycles.